The van der Waals surface area contributed by atoms with Gasteiger partial charge in [-0.1, -0.05) is 37.6 Å². The molecule has 0 amide bonds. The molecule has 0 aliphatic rings. The Labute approximate surface area is 94.9 Å². The number of nitrogens with two attached hydrogens (primary N) is 1. The van der Waals surface area contributed by atoms with Gasteiger partial charge in [0.1, 0.15) is 5.82 Å². The Balaban J connectivity index is 2.20. The molecule has 2 rings (SSSR count). The summed E-state index contributed by atoms with van der Waals surface area (Å²) in [5.74, 6) is 1.43. The Morgan fingerprint density at radius 3 is 2.56 bits per heavy atom. The molecule has 0 aliphatic carbocycles. The first-order chi connectivity index (χ1) is 7.83. The molecule has 0 unspecified atom stereocenters. The second kappa shape index (κ2) is 4.90. The second-order valence-electron chi connectivity index (χ2n) is 3.76. The summed E-state index contributed by atoms with van der Waals surface area (Å²) >= 11 is 0. The number of benzene rings is 1. The highest BCUT2D eigenvalue weighted by Crippen LogP contribution is 2.16. The molecule has 4 heteroatoms. The van der Waals surface area contributed by atoms with E-state index in [9.17, 15) is 0 Å². The lowest BCUT2D eigenvalue weighted by atomic mass is 10.1. The lowest BCUT2D eigenvalue weighted by Gasteiger charge is -1.99. The number of hydrogen-bond acceptors (Lipinski definition) is 3. The van der Waals surface area contributed by atoms with E-state index in [0.29, 0.717) is 18.2 Å². The van der Waals surface area contributed by atoms with Crippen LogP contribution in [0.3, 0.4) is 0 Å². The summed E-state index contributed by atoms with van der Waals surface area (Å²) in [5, 5.41) is 6.92. The van der Waals surface area contributed by atoms with Gasteiger partial charge in [-0.25, -0.2) is 4.98 Å². The summed E-state index contributed by atoms with van der Waals surface area (Å²) in [5.41, 5.74) is 7.84. The van der Waals surface area contributed by atoms with Gasteiger partial charge in [0, 0.05) is 5.56 Å². The summed E-state index contributed by atoms with van der Waals surface area (Å²) in [7, 11) is 0. The molecule has 2 aromatic rings. The van der Waals surface area contributed by atoms with Gasteiger partial charge in [0.25, 0.3) is 0 Å². The van der Waals surface area contributed by atoms with E-state index in [1.807, 2.05) is 0 Å². The topological polar surface area (TPSA) is 67.6 Å². The summed E-state index contributed by atoms with van der Waals surface area (Å²) in [6.45, 7) is 2.57. The van der Waals surface area contributed by atoms with Crippen molar-refractivity contribution in [1.29, 1.82) is 0 Å². The molecule has 0 fully saturated rings. The first kappa shape index (κ1) is 10.8. The van der Waals surface area contributed by atoms with E-state index in [2.05, 4.69) is 46.4 Å². The highest BCUT2D eigenvalue weighted by atomic mass is 15.2. The molecule has 3 N–H and O–H groups in total. The van der Waals surface area contributed by atoms with Crippen LogP contribution in [0.25, 0.3) is 11.4 Å². The van der Waals surface area contributed by atoms with Crippen LogP contribution in [-0.4, -0.2) is 15.2 Å². The number of aromatic nitrogens is 3. The van der Waals surface area contributed by atoms with Crippen molar-refractivity contribution in [2.24, 2.45) is 5.73 Å². The maximum atomic E-state index is 5.47. The van der Waals surface area contributed by atoms with Crippen molar-refractivity contribution < 1.29 is 0 Å². The lowest BCUT2D eigenvalue weighted by molar-refractivity contribution is 0.917. The van der Waals surface area contributed by atoms with Gasteiger partial charge in [-0.2, -0.15) is 5.10 Å². The summed E-state index contributed by atoms with van der Waals surface area (Å²) in [6, 6.07) is 8.34. The molecule has 0 aliphatic heterocycles. The quantitative estimate of drug-likeness (QED) is 0.820. The number of hydrogen-bond donors (Lipinski definition) is 2. The first-order valence-electron chi connectivity index (χ1n) is 5.54. The van der Waals surface area contributed by atoms with Gasteiger partial charge < -0.3 is 5.73 Å². The SMILES string of the molecule is CCCc1ccc(-c2n[nH]c(CN)n2)cc1. The van der Waals surface area contributed by atoms with E-state index >= 15 is 0 Å². The second-order valence-corrected chi connectivity index (χ2v) is 3.76. The van der Waals surface area contributed by atoms with Crippen molar-refractivity contribution in [3.63, 3.8) is 0 Å². The van der Waals surface area contributed by atoms with E-state index in [4.69, 9.17) is 5.73 Å². The third-order valence-corrected chi connectivity index (χ3v) is 2.48. The predicted molar refractivity (Wildman–Crippen MR) is 63.7 cm³/mol. The normalized spacial score (nSPS) is 10.6. The molecule has 0 bridgehead atoms. The van der Waals surface area contributed by atoms with Gasteiger partial charge in [-0.3, -0.25) is 5.10 Å². The molecule has 0 saturated heterocycles. The maximum Gasteiger partial charge on any atom is 0.181 e. The Bertz CT molecular complexity index is 444. The molecule has 1 heterocycles. The zero-order chi connectivity index (χ0) is 11.4. The van der Waals surface area contributed by atoms with Crippen molar-refractivity contribution in [2.75, 3.05) is 0 Å². The lowest BCUT2D eigenvalue weighted by Crippen LogP contribution is -1.97. The molecule has 0 spiro atoms. The number of nitrogens with one attached hydrogen (secondary N) is 1. The van der Waals surface area contributed by atoms with Crippen LogP contribution >= 0.6 is 0 Å². The van der Waals surface area contributed by atoms with E-state index < -0.39 is 0 Å². The summed E-state index contributed by atoms with van der Waals surface area (Å²) in [4.78, 5) is 4.28. The van der Waals surface area contributed by atoms with Crippen LogP contribution in [0.15, 0.2) is 24.3 Å². The van der Waals surface area contributed by atoms with Gasteiger partial charge in [0.15, 0.2) is 5.82 Å². The predicted octanol–water partition coefficient (Wildman–Crippen LogP) is 1.88. The number of rotatable bonds is 4. The molecular formula is C12H16N4. The van der Waals surface area contributed by atoms with Crippen LogP contribution in [0.4, 0.5) is 0 Å². The van der Waals surface area contributed by atoms with Crippen LogP contribution in [0.5, 0.6) is 0 Å². The van der Waals surface area contributed by atoms with Gasteiger partial charge in [-0.05, 0) is 12.0 Å². The maximum absolute atomic E-state index is 5.47. The van der Waals surface area contributed by atoms with Gasteiger partial charge in [0.05, 0.1) is 6.54 Å². The zero-order valence-electron chi connectivity index (χ0n) is 9.40. The van der Waals surface area contributed by atoms with E-state index in [-0.39, 0.29) is 0 Å². The first-order valence-corrected chi connectivity index (χ1v) is 5.54. The smallest absolute Gasteiger partial charge is 0.181 e. The van der Waals surface area contributed by atoms with Crippen molar-refractivity contribution in [1.82, 2.24) is 15.2 Å². The minimum Gasteiger partial charge on any atom is -0.324 e. The van der Waals surface area contributed by atoms with E-state index in [1.165, 1.54) is 5.56 Å². The zero-order valence-corrected chi connectivity index (χ0v) is 9.40. The standard InChI is InChI=1S/C12H16N4/c1-2-3-9-4-6-10(7-5-9)12-14-11(8-13)15-16-12/h4-7H,2-3,8,13H2,1H3,(H,14,15,16). The van der Waals surface area contributed by atoms with Crippen LogP contribution in [-0.2, 0) is 13.0 Å². The van der Waals surface area contributed by atoms with E-state index in [0.717, 1.165) is 18.4 Å². The van der Waals surface area contributed by atoms with Gasteiger partial charge >= 0.3 is 0 Å². The Morgan fingerprint density at radius 1 is 1.25 bits per heavy atom. The Kier molecular flexibility index (Phi) is 3.31. The Morgan fingerprint density at radius 2 is 2.00 bits per heavy atom. The molecular weight excluding hydrogens is 200 g/mol. The fourth-order valence-corrected chi connectivity index (χ4v) is 1.62. The molecule has 1 aromatic heterocycles. The third-order valence-electron chi connectivity index (χ3n) is 2.48. The van der Waals surface area contributed by atoms with Crippen LogP contribution < -0.4 is 5.73 Å². The van der Waals surface area contributed by atoms with Crippen molar-refractivity contribution in [2.45, 2.75) is 26.3 Å². The van der Waals surface area contributed by atoms with E-state index in [1.54, 1.807) is 0 Å². The molecule has 0 radical (unpaired) electrons. The minimum atomic E-state index is 0.390. The largest absolute Gasteiger partial charge is 0.324 e. The van der Waals surface area contributed by atoms with Crippen molar-refractivity contribution in [3.8, 4) is 11.4 Å². The molecule has 4 nitrogen and oxygen atoms in total. The fraction of sp³-hybridized carbons (Fsp3) is 0.333. The molecule has 84 valence electrons. The molecule has 0 saturated carbocycles. The monoisotopic (exact) mass is 216 g/mol. The average Bonchev–Trinajstić information content (AvgIpc) is 2.79. The highest BCUT2D eigenvalue weighted by molar-refractivity contribution is 5.54. The molecule has 16 heavy (non-hydrogen) atoms. The molecule has 0 atom stereocenters. The summed E-state index contributed by atoms with van der Waals surface area (Å²) in [6.07, 6.45) is 2.28. The average molecular weight is 216 g/mol. The summed E-state index contributed by atoms with van der Waals surface area (Å²) < 4.78 is 0. The number of aromatic amines is 1. The van der Waals surface area contributed by atoms with Gasteiger partial charge in [-0.15, -0.1) is 0 Å². The number of H-pyrrole nitrogens is 1. The third kappa shape index (κ3) is 2.28. The van der Waals surface area contributed by atoms with Gasteiger partial charge in [0.2, 0.25) is 0 Å². The van der Waals surface area contributed by atoms with Crippen LogP contribution in [0.1, 0.15) is 24.7 Å². The number of nitrogens with zero attached hydrogens (tertiary/aromatic N) is 2. The van der Waals surface area contributed by atoms with Crippen molar-refractivity contribution in [3.05, 3.63) is 35.7 Å². The fourth-order valence-electron chi connectivity index (χ4n) is 1.62. The molecule has 1 aromatic carbocycles. The minimum absolute atomic E-state index is 0.390. The van der Waals surface area contributed by atoms with Crippen LogP contribution in [0.2, 0.25) is 0 Å². The number of aryl methyl sites for hydroxylation is 1. The Hall–Kier alpha value is -1.68. The van der Waals surface area contributed by atoms with Crippen molar-refractivity contribution >= 4 is 0 Å². The van der Waals surface area contributed by atoms with Crippen LogP contribution in [0, 0.1) is 0 Å². The highest BCUT2D eigenvalue weighted by Gasteiger charge is 2.04.